The van der Waals surface area contributed by atoms with Crippen LogP contribution < -0.4 is 10.6 Å². The highest BCUT2D eigenvalue weighted by molar-refractivity contribution is 5.87. The molecule has 0 unspecified atom stereocenters. The van der Waals surface area contributed by atoms with Gasteiger partial charge in [-0.25, -0.2) is 0 Å². The Kier molecular flexibility index (Phi) is 3.99. The van der Waals surface area contributed by atoms with Crippen LogP contribution in [0.1, 0.15) is 32.1 Å². The minimum absolute atomic E-state index is 0.0376. The smallest absolute Gasteiger partial charge is 0.239 e. The van der Waals surface area contributed by atoms with Crippen molar-refractivity contribution in [2.75, 3.05) is 20.1 Å². The average molecular weight is 239 g/mol. The molecule has 1 saturated heterocycles. The van der Waals surface area contributed by atoms with Gasteiger partial charge in [-0.15, -0.1) is 0 Å². The lowest BCUT2D eigenvalue weighted by Gasteiger charge is -2.27. The number of nitrogens with zero attached hydrogens (tertiary/aromatic N) is 1. The normalized spacial score (nSPS) is 24.2. The van der Waals surface area contributed by atoms with E-state index in [1.807, 2.05) is 0 Å². The summed E-state index contributed by atoms with van der Waals surface area (Å²) < 4.78 is 0. The highest BCUT2D eigenvalue weighted by Crippen LogP contribution is 2.18. The molecule has 2 aliphatic rings. The maximum absolute atomic E-state index is 12.0. The molecule has 2 N–H and O–H groups in total. The summed E-state index contributed by atoms with van der Waals surface area (Å²) in [4.78, 5) is 25.1. The molecule has 2 fully saturated rings. The molecule has 5 heteroatoms. The van der Waals surface area contributed by atoms with E-state index in [2.05, 4.69) is 10.6 Å². The van der Waals surface area contributed by atoms with E-state index in [-0.39, 0.29) is 24.4 Å². The Morgan fingerprint density at radius 1 is 1.29 bits per heavy atom. The van der Waals surface area contributed by atoms with E-state index in [0.29, 0.717) is 6.04 Å². The summed E-state index contributed by atoms with van der Waals surface area (Å²) in [5.41, 5.74) is 0. The van der Waals surface area contributed by atoms with Crippen molar-refractivity contribution < 1.29 is 9.59 Å². The Morgan fingerprint density at radius 3 is 2.65 bits per heavy atom. The lowest BCUT2D eigenvalue weighted by Crippen LogP contribution is -2.49. The highest BCUT2D eigenvalue weighted by atomic mass is 16.2. The van der Waals surface area contributed by atoms with Crippen LogP contribution in [0.5, 0.6) is 0 Å². The Hall–Kier alpha value is -1.10. The van der Waals surface area contributed by atoms with Crippen molar-refractivity contribution in [3.8, 4) is 0 Å². The molecule has 0 spiro atoms. The fourth-order valence-electron chi connectivity index (χ4n) is 2.12. The summed E-state index contributed by atoms with van der Waals surface area (Å²) in [6.07, 6.45) is 5.26. The van der Waals surface area contributed by atoms with Gasteiger partial charge in [-0.2, -0.15) is 0 Å². The minimum Gasteiger partial charge on any atom is -0.352 e. The van der Waals surface area contributed by atoms with Gasteiger partial charge in [0.1, 0.15) is 0 Å². The number of piperidine rings is 1. The quantitative estimate of drug-likeness (QED) is 0.718. The molecule has 96 valence electrons. The predicted molar refractivity (Wildman–Crippen MR) is 64.4 cm³/mol. The summed E-state index contributed by atoms with van der Waals surface area (Å²) in [5.74, 6) is -0.00481. The number of carbonyl (C=O) groups excluding carboxylic acids is 2. The molecular weight excluding hydrogens is 218 g/mol. The summed E-state index contributed by atoms with van der Waals surface area (Å²) in [7, 11) is 1.70. The van der Waals surface area contributed by atoms with E-state index >= 15 is 0 Å². The molecule has 1 aliphatic heterocycles. The van der Waals surface area contributed by atoms with Crippen LogP contribution in [0, 0.1) is 0 Å². The summed E-state index contributed by atoms with van der Waals surface area (Å²) in [5, 5.41) is 6.09. The molecule has 0 radical (unpaired) electrons. The first kappa shape index (κ1) is 12.4. The summed E-state index contributed by atoms with van der Waals surface area (Å²) in [6.45, 7) is 1.08. The number of amides is 2. The molecule has 1 aliphatic carbocycles. The molecule has 1 saturated carbocycles. The number of rotatable bonds is 4. The van der Waals surface area contributed by atoms with Gasteiger partial charge in [-0.1, -0.05) is 6.42 Å². The Morgan fingerprint density at radius 2 is 2.06 bits per heavy atom. The zero-order valence-electron chi connectivity index (χ0n) is 10.4. The molecule has 17 heavy (non-hydrogen) atoms. The number of likely N-dealkylation sites (N-methyl/N-ethyl adjacent to an activating group) is 1. The fourth-order valence-corrected chi connectivity index (χ4v) is 2.12. The first-order valence-corrected chi connectivity index (χ1v) is 6.44. The molecule has 0 bridgehead atoms. The van der Waals surface area contributed by atoms with Crippen LogP contribution in [0.2, 0.25) is 0 Å². The van der Waals surface area contributed by atoms with Crippen LogP contribution in [0.4, 0.5) is 0 Å². The van der Waals surface area contributed by atoms with Gasteiger partial charge >= 0.3 is 0 Å². The van der Waals surface area contributed by atoms with E-state index in [0.717, 1.165) is 38.6 Å². The lowest BCUT2D eigenvalue weighted by molar-refractivity contribution is -0.136. The molecule has 2 rings (SSSR count). The van der Waals surface area contributed by atoms with E-state index < -0.39 is 0 Å². The van der Waals surface area contributed by atoms with Crippen molar-refractivity contribution >= 4 is 11.8 Å². The predicted octanol–water partition coefficient (Wildman–Crippen LogP) is -0.134. The molecule has 5 nitrogen and oxygen atoms in total. The van der Waals surface area contributed by atoms with Crippen LogP contribution in [-0.2, 0) is 9.59 Å². The first-order chi connectivity index (χ1) is 8.16. The van der Waals surface area contributed by atoms with Crippen LogP contribution >= 0.6 is 0 Å². The number of hydrogen-bond acceptors (Lipinski definition) is 3. The van der Waals surface area contributed by atoms with Crippen LogP contribution in [-0.4, -0.2) is 48.9 Å². The van der Waals surface area contributed by atoms with Gasteiger partial charge < -0.3 is 15.5 Å². The standard InChI is InChI=1S/C12H21N3O2/c1-15(8-11(16)14-9-5-6-9)12(17)10-4-2-3-7-13-10/h9-10,13H,2-8H2,1H3,(H,14,16)/t10-/m1/s1. The van der Waals surface area contributed by atoms with Crippen molar-refractivity contribution in [2.45, 2.75) is 44.2 Å². The van der Waals surface area contributed by atoms with Gasteiger partial charge in [0, 0.05) is 13.1 Å². The van der Waals surface area contributed by atoms with E-state index in [1.54, 1.807) is 7.05 Å². The Labute approximate surface area is 102 Å². The molecule has 0 aromatic carbocycles. The minimum atomic E-state index is -0.0949. The zero-order valence-corrected chi connectivity index (χ0v) is 10.4. The van der Waals surface area contributed by atoms with Gasteiger partial charge in [0.25, 0.3) is 0 Å². The lowest BCUT2D eigenvalue weighted by atomic mass is 10.0. The number of hydrogen-bond donors (Lipinski definition) is 2. The van der Waals surface area contributed by atoms with Gasteiger partial charge in [0.15, 0.2) is 0 Å². The van der Waals surface area contributed by atoms with E-state index in [9.17, 15) is 9.59 Å². The second-order valence-electron chi connectivity index (χ2n) is 5.04. The maximum atomic E-state index is 12.0. The molecule has 0 aromatic rings. The molecule has 2 amide bonds. The van der Waals surface area contributed by atoms with Gasteiger partial charge in [0.05, 0.1) is 12.6 Å². The maximum Gasteiger partial charge on any atom is 0.239 e. The van der Waals surface area contributed by atoms with Crippen LogP contribution in [0.25, 0.3) is 0 Å². The second kappa shape index (κ2) is 5.49. The van der Waals surface area contributed by atoms with Crippen molar-refractivity contribution in [3.05, 3.63) is 0 Å². The van der Waals surface area contributed by atoms with Gasteiger partial charge in [0.2, 0.25) is 11.8 Å². The fraction of sp³-hybridized carbons (Fsp3) is 0.833. The SMILES string of the molecule is CN(CC(=O)NC1CC1)C(=O)[C@H]1CCCCN1. The Bertz CT molecular complexity index is 296. The summed E-state index contributed by atoms with van der Waals surface area (Å²) >= 11 is 0. The van der Waals surface area contributed by atoms with Crippen molar-refractivity contribution in [3.63, 3.8) is 0 Å². The molecular formula is C12H21N3O2. The van der Waals surface area contributed by atoms with Crippen molar-refractivity contribution in [1.82, 2.24) is 15.5 Å². The van der Waals surface area contributed by atoms with Crippen LogP contribution in [0.3, 0.4) is 0 Å². The van der Waals surface area contributed by atoms with E-state index in [4.69, 9.17) is 0 Å². The van der Waals surface area contributed by atoms with E-state index in [1.165, 1.54) is 4.90 Å². The van der Waals surface area contributed by atoms with Gasteiger partial charge in [-0.3, -0.25) is 9.59 Å². The Balaban J connectivity index is 1.74. The van der Waals surface area contributed by atoms with Gasteiger partial charge in [-0.05, 0) is 32.2 Å². The molecule has 0 aromatic heterocycles. The third kappa shape index (κ3) is 3.70. The number of carbonyl (C=O) groups is 2. The topological polar surface area (TPSA) is 61.4 Å². The highest BCUT2D eigenvalue weighted by Gasteiger charge is 2.27. The summed E-state index contributed by atoms with van der Waals surface area (Å²) in [6, 6.07) is 0.265. The third-order valence-corrected chi connectivity index (χ3v) is 3.31. The zero-order chi connectivity index (χ0) is 12.3. The van der Waals surface area contributed by atoms with Crippen molar-refractivity contribution in [2.24, 2.45) is 0 Å². The molecule has 1 heterocycles. The third-order valence-electron chi connectivity index (χ3n) is 3.31. The molecule has 1 atom stereocenters. The van der Waals surface area contributed by atoms with Crippen molar-refractivity contribution in [1.29, 1.82) is 0 Å². The second-order valence-corrected chi connectivity index (χ2v) is 5.04. The average Bonchev–Trinajstić information content (AvgIpc) is 3.12. The first-order valence-electron chi connectivity index (χ1n) is 6.44. The monoisotopic (exact) mass is 239 g/mol. The number of nitrogens with one attached hydrogen (secondary N) is 2. The largest absolute Gasteiger partial charge is 0.352 e. The van der Waals surface area contributed by atoms with Crippen LogP contribution in [0.15, 0.2) is 0 Å².